The van der Waals surface area contributed by atoms with Crippen molar-refractivity contribution in [3.8, 4) is 0 Å². The van der Waals surface area contributed by atoms with Crippen LogP contribution in [0.2, 0.25) is 0 Å². The van der Waals surface area contributed by atoms with Gasteiger partial charge in [-0.3, -0.25) is 0 Å². The number of aryl methyl sites for hydroxylation is 3. The maximum Gasteiger partial charge on any atom is 0.0757 e. The second-order valence-electron chi connectivity index (χ2n) is 6.72. The summed E-state index contributed by atoms with van der Waals surface area (Å²) in [5, 5.41) is 0. The van der Waals surface area contributed by atoms with Crippen molar-refractivity contribution < 1.29 is 0 Å². The summed E-state index contributed by atoms with van der Waals surface area (Å²) in [6, 6.07) is 26.5. The lowest BCUT2D eigenvalue weighted by Crippen LogP contribution is -1.95. The van der Waals surface area contributed by atoms with Crippen molar-refractivity contribution in [2.45, 2.75) is 36.9 Å². The normalized spacial score (nSPS) is 11.1. The van der Waals surface area contributed by atoms with E-state index in [1.54, 1.807) is 0 Å². The average Bonchev–Trinajstić information content (AvgIpc) is 2.65. The Bertz CT molecular complexity index is 787. The molecule has 0 saturated carbocycles. The van der Waals surface area contributed by atoms with Gasteiger partial charge in [-0.05, 0) is 48.6 Å². The number of rotatable bonds is 7. The lowest BCUT2D eigenvalue weighted by atomic mass is 10.1. The van der Waals surface area contributed by atoms with E-state index >= 15 is 0 Å². The lowest BCUT2D eigenvalue weighted by Gasteiger charge is -2.18. The molecule has 3 rings (SSSR count). The Kier molecular flexibility index (Phi) is 6.87. The van der Waals surface area contributed by atoms with Gasteiger partial charge in [-0.2, -0.15) is 0 Å². The van der Waals surface area contributed by atoms with Crippen LogP contribution in [0.3, 0.4) is 0 Å². The molecule has 0 heterocycles. The van der Waals surface area contributed by atoms with Crippen LogP contribution in [0.4, 0.5) is 0 Å². The molecule has 0 bridgehead atoms. The largest absolute Gasteiger partial charge is 0.138 e. The van der Waals surface area contributed by atoms with E-state index in [0.717, 1.165) is 11.5 Å². The van der Waals surface area contributed by atoms with Gasteiger partial charge in [-0.15, -0.1) is 23.5 Å². The molecule has 0 amide bonds. The Morgan fingerprint density at radius 1 is 0.615 bits per heavy atom. The van der Waals surface area contributed by atoms with Gasteiger partial charge in [0.1, 0.15) is 0 Å². The monoisotopic (exact) mass is 378 g/mol. The van der Waals surface area contributed by atoms with Gasteiger partial charge in [0.2, 0.25) is 0 Å². The third-order valence-corrected chi connectivity index (χ3v) is 7.57. The van der Waals surface area contributed by atoms with Crippen LogP contribution < -0.4 is 0 Å². The summed E-state index contributed by atoms with van der Waals surface area (Å²) >= 11 is 4.07. The molecular weight excluding hydrogens is 352 g/mol. The maximum absolute atomic E-state index is 2.29. The molecule has 3 aromatic rings. The van der Waals surface area contributed by atoms with Crippen molar-refractivity contribution in [1.29, 1.82) is 0 Å². The third-order valence-electron chi connectivity index (χ3n) is 4.65. The minimum Gasteiger partial charge on any atom is -0.138 e. The van der Waals surface area contributed by atoms with Gasteiger partial charge in [0.25, 0.3) is 0 Å². The molecule has 0 unspecified atom stereocenters. The highest BCUT2D eigenvalue weighted by atomic mass is 32.2. The second kappa shape index (κ2) is 9.34. The van der Waals surface area contributed by atoms with Gasteiger partial charge in [-0.25, -0.2) is 0 Å². The van der Waals surface area contributed by atoms with Crippen LogP contribution in [0.15, 0.2) is 72.8 Å². The number of hydrogen-bond acceptors (Lipinski definition) is 2. The van der Waals surface area contributed by atoms with Crippen molar-refractivity contribution >= 4 is 23.5 Å². The van der Waals surface area contributed by atoms with Crippen LogP contribution in [-0.2, 0) is 11.5 Å². The molecular formula is C24H26S2. The number of thioether (sulfide) groups is 2. The quantitative estimate of drug-likeness (QED) is 0.391. The molecule has 0 atom stereocenters. The van der Waals surface area contributed by atoms with Crippen LogP contribution >= 0.6 is 23.5 Å². The van der Waals surface area contributed by atoms with Gasteiger partial charge in [0, 0.05) is 11.5 Å². The fraction of sp³-hybridized carbons (Fsp3) is 0.250. The summed E-state index contributed by atoms with van der Waals surface area (Å²) in [7, 11) is 0. The molecule has 0 radical (unpaired) electrons. The summed E-state index contributed by atoms with van der Waals surface area (Å²) < 4.78 is 0.440. The molecule has 0 aliphatic rings. The fourth-order valence-electron chi connectivity index (χ4n) is 2.84. The standard InChI is InChI=1S/C24H26S2/c1-18-12-14-21(15-13-18)24(25-16-22-10-6-4-8-19(22)2)26-17-23-11-7-5-9-20(23)3/h4-15,24H,16-17H2,1-3H3. The molecule has 0 nitrogen and oxygen atoms in total. The predicted octanol–water partition coefficient (Wildman–Crippen LogP) is 7.48. The first kappa shape index (κ1) is 19.1. The van der Waals surface area contributed by atoms with E-state index in [0.29, 0.717) is 4.58 Å². The van der Waals surface area contributed by atoms with Crippen LogP contribution in [0.1, 0.15) is 38.0 Å². The van der Waals surface area contributed by atoms with E-state index in [2.05, 4.69) is 93.6 Å². The zero-order valence-corrected chi connectivity index (χ0v) is 17.4. The molecule has 0 aromatic heterocycles. The van der Waals surface area contributed by atoms with E-state index < -0.39 is 0 Å². The van der Waals surface area contributed by atoms with Gasteiger partial charge >= 0.3 is 0 Å². The smallest absolute Gasteiger partial charge is 0.0757 e. The van der Waals surface area contributed by atoms with Gasteiger partial charge < -0.3 is 0 Å². The van der Waals surface area contributed by atoms with E-state index in [1.165, 1.54) is 33.4 Å². The molecule has 26 heavy (non-hydrogen) atoms. The SMILES string of the molecule is Cc1ccc(C(SCc2ccccc2C)SCc2ccccc2C)cc1. The fourth-order valence-corrected chi connectivity index (χ4v) is 5.64. The van der Waals surface area contributed by atoms with E-state index in [4.69, 9.17) is 0 Å². The first-order valence-electron chi connectivity index (χ1n) is 9.02. The molecule has 0 aliphatic carbocycles. The molecule has 0 N–H and O–H groups in total. The minimum absolute atomic E-state index is 0.440. The average molecular weight is 379 g/mol. The van der Waals surface area contributed by atoms with Crippen molar-refractivity contribution in [2.75, 3.05) is 0 Å². The highest BCUT2D eigenvalue weighted by Gasteiger charge is 2.14. The molecule has 134 valence electrons. The van der Waals surface area contributed by atoms with E-state index in [1.807, 2.05) is 23.5 Å². The Morgan fingerprint density at radius 3 is 1.54 bits per heavy atom. The van der Waals surface area contributed by atoms with Gasteiger partial charge in [0.05, 0.1) is 4.58 Å². The first-order chi connectivity index (χ1) is 12.6. The van der Waals surface area contributed by atoms with Gasteiger partial charge in [0.15, 0.2) is 0 Å². The molecule has 0 fully saturated rings. The highest BCUT2D eigenvalue weighted by molar-refractivity contribution is 8.15. The minimum atomic E-state index is 0.440. The Hall–Kier alpha value is -1.64. The Morgan fingerprint density at radius 2 is 1.08 bits per heavy atom. The van der Waals surface area contributed by atoms with Crippen molar-refractivity contribution in [3.05, 3.63) is 106 Å². The van der Waals surface area contributed by atoms with Crippen LogP contribution in [-0.4, -0.2) is 0 Å². The molecule has 2 heteroatoms. The van der Waals surface area contributed by atoms with E-state index in [9.17, 15) is 0 Å². The van der Waals surface area contributed by atoms with Crippen LogP contribution in [0.5, 0.6) is 0 Å². The Balaban J connectivity index is 1.74. The summed E-state index contributed by atoms with van der Waals surface area (Å²) in [5.74, 6) is 2.10. The second-order valence-corrected chi connectivity index (χ2v) is 9.20. The van der Waals surface area contributed by atoms with Crippen LogP contribution in [0.25, 0.3) is 0 Å². The molecule has 3 aromatic carbocycles. The molecule has 0 spiro atoms. The van der Waals surface area contributed by atoms with Crippen molar-refractivity contribution in [2.24, 2.45) is 0 Å². The zero-order valence-electron chi connectivity index (χ0n) is 15.7. The summed E-state index contributed by atoms with van der Waals surface area (Å²) in [6.07, 6.45) is 0. The highest BCUT2D eigenvalue weighted by Crippen LogP contribution is 2.43. The molecule has 0 aliphatic heterocycles. The van der Waals surface area contributed by atoms with E-state index in [-0.39, 0.29) is 0 Å². The summed E-state index contributed by atoms with van der Waals surface area (Å²) in [5.41, 5.74) is 8.36. The van der Waals surface area contributed by atoms with Crippen molar-refractivity contribution in [1.82, 2.24) is 0 Å². The zero-order chi connectivity index (χ0) is 18.4. The van der Waals surface area contributed by atoms with Crippen LogP contribution in [0, 0.1) is 20.8 Å². The van der Waals surface area contributed by atoms with Crippen molar-refractivity contribution in [3.63, 3.8) is 0 Å². The first-order valence-corrected chi connectivity index (χ1v) is 11.1. The van der Waals surface area contributed by atoms with Gasteiger partial charge in [-0.1, -0.05) is 78.4 Å². The third kappa shape index (κ3) is 5.18. The topological polar surface area (TPSA) is 0 Å². The molecule has 0 saturated heterocycles. The summed E-state index contributed by atoms with van der Waals surface area (Å²) in [4.78, 5) is 0. The lowest BCUT2D eigenvalue weighted by molar-refractivity contribution is 1.27. The summed E-state index contributed by atoms with van der Waals surface area (Å²) in [6.45, 7) is 6.56. The maximum atomic E-state index is 2.29. The number of benzene rings is 3. The number of hydrogen-bond donors (Lipinski definition) is 0. The predicted molar refractivity (Wildman–Crippen MR) is 119 cm³/mol. The Labute approximate surface area is 166 Å².